The standard InChI is InChI=1S/C20H23ClN2S/c21-17-13-11-16(12-14-17)15-23(19-9-5-2-6-10-19)20(24)22-18-7-3-1-4-8-18/h1,3-4,7-8,11-14,19H,2,5-6,9-10,15H2,(H,22,24). The number of halogens is 1. The van der Waals surface area contributed by atoms with Crippen LogP contribution in [0.1, 0.15) is 37.7 Å². The van der Waals surface area contributed by atoms with Crippen molar-refractivity contribution < 1.29 is 0 Å². The average molecular weight is 359 g/mol. The minimum absolute atomic E-state index is 0.512. The van der Waals surface area contributed by atoms with Crippen LogP contribution in [0.4, 0.5) is 5.69 Å². The van der Waals surface area contributed by atoms with Crippen molar-refractivity contribution in [2.24, 2.45) is 0 Å². The van der Waals surface area contributed by atoms with Crippen LogP contribution >= 0.6 is 23.8 Å². The predicted molar refractivity (Wildman–Crippen MR) is 107 cm³/mol. The Balaban J connectivity index is 1.75. The molecule has 0 heterocycles. The molecule has 3 rings (SSSR count). The Morgan fingerprint density at radius 3 is 2.33 bits per heavy atom. The van der Waals surface area contributed by atoms with Gasteiger partial charge in [-0.3, -0.25) is 0 Å². The van der Waals surface area contributed by atoms with Gasteiger partial charge in [-0.2, -0.15) is 0 Å². The predicted octanol–water partition coefficient (Wildman–Crippen LogP) is 5.87. The zero-order valence-electron chi connectivity index (χ0n) is 13.7. The van der Waals surface area contributed by atoms with Gasteiger partial charge in [0.15, 0.2) is 5.11 Å². The van der Waals surface area contributed by atoms with Crippen LogP contribution in [-0.4, -0.2) is 16.1 Å². The molecule has 0 unspecified atom stereocenters. The Hall–Kier alpha value is -1.58. The van der Waals surface area contributed by atoms with Crippen molar-refractivity contribution in [3.63, 3.8) is 0 Å². The van der Waals surface area contributed by atoms with Crippen LogP contribution in [0.15, 0.2) is 54.6 Å². The van der Waals surface area contributed by atoms with E-state index in [0.29, 0.717) is 6.04 Å². The molecule has 0 saturated heterocycles. The zero-order valence-corrected chi connectivity index (χ0v) is 15.3. The number of nitrogens with one attached hydrogen (secondary N) is 1. The number of hydrogen-bond acceptors (Lipinski definition) is 1. The highest BCUT2D eigenvalue weighted by molar-refractivity contribution is 7.80. The van der Waals surface area contributed by atoms with Crippen LogP contribution < -0.4 is 5.32 Å². The fraction of sp³-hybridized carbons (Fsp3) is 0.350. The molecular formula is C20H23ClN2S. The minimum atomic E-state index is 0.512. The summed E-state index contributed by atoms with van der Waals surface area (Å²) in [6, 6.07) is 18.7. The summed E-state index contributed by atoms with van der Waals surface area (Å²) in [6.45, 7) is 0.820. The van der Waals surface area contributed by atoms with Gasteiger partial charge in [0.2, 0.25) is 0 Å². The Labute approximate surface area is 154 Å². The Bertz CT molecular complexity index is 651. The Morgan fingerprint density at radius 2 is 1.67 bits per heavy atom. The number of nitrogens with zero attached hydrogens (tertiary/aromatic N) is 1. The molecule has 4 heteroatoms. The van der Waals surface area contributed by atoms with Crippen LogP contribution in [-0.2, 0) is 6.54 Å². The molecule has 0 aliphatic heterocycles. The summed E-state index contributed by atoms with van der Waals surface area (Å²) >= 11 is 11.8. The monoisotopic (exact) mass is 358 g/mol. The number of anilines is 1. The van der Waals surface area contributed by atoms with Crippen molar-refractivity contribution in [2.75, 3.05) is 5.32 Å². The molecule has 1 fully saturated rings. The molecule has 0 amide bonds. The van der Waals surface area contributed by atoms with E-state index in [2.05, 4.69) is 22.3 Å². The molecule has 1 saturated carbocycles. The molecule has 0 radical (unpaired) electrons. The van der Waals surface area contributed by atoms with Crippen LogP contribution in [0.25, 0.3) is 0 Å². The van der Waals surface area contributed by atoms with E-state index in [0.717, 1.165) is 22.4 Å². The number of rotatable bonds is 4. The van der Waals surface area contributed by atoms with Crippen LogP contribution in [0, 0.1) is 0 Å². The summed E-state index contributed by atoms with van der Waals surface area (Å²) in [4.78, 5) is 2.35. The highest BCUT2D eigenvalue weighted by Gasteiger charge is 2.23. The van der Waals surface area contributed by atoms with Gasteiger partial charge in [0, 0.05) is 23.3 Å². The quantitative estimate of drug-likeness (QED) is 0.688. The van der Waals surface area contributed by atoms with Gasteiger partial charge in [0.25, 0.3) is 0 Å². The topological polar surface area (TPSA) is 15.3 Å². The average Bonchev–Trinajstić information content (AvgIpc) is 2.63. The number of benzene rings is 2. The van der Waals surface area contributed by atoms with Crippen LogP contribution in [0.2, 0.25) is 5.02 Å². The van der Waals surface area contributed by atoms with Crippen molar-refractivity contribution in [3.8, 4) is 0 Å². The maximum Gasteiger partial charge on any atom is 0.173 e. The van der Waals surface area contributed by atoms with Crippen molar-refractivity contribution in [3.05, 3.63) is 65.2 Å². The second-order valence-electron chi connectivity index (χ2n) is 6.34. The molecule has 126 valence electrons. The van der Waals surface area contributed by atoms with Gasteiger partial charge >= 0.3 is 0 Å². The summed E-state index contributed by atoms with van der Waals surface area (Å²) in [5.41, 5.74) is 2.28. The third-order valence-corrected chi connectivity index (χ3v) is 5.16. The summed E-state index contributed by atoms with van der Waals surface area (Å²) in [5.74, 6) is 0. The number of thiocarbonyl (C=S) groups is 1. The van der Waals surface area contributed by atoms with Crippen LogP contribution in [0.3, 0.4) is 0 Å². The highest BCUT2D eigenvalue weighted by atomic mass is 35.5. The van der Waals surface area contributed by atoms with E-state index in [9.17, 15) is 0 Å². The maximum atomic E-state index is 6.02. The molecule has 0 aromatic heterocycles. The third-order valence-electron chi connectivity index (χ3n) is 4.57. The Morgan fingerprint density at radius 1 is 1.00 bits per heavy atom. The molecule has 0 bridgehead atoms. The second kappa shape index (κ2) is 8.50. The van der Waals surface area contributed by atoms with E-state index >= 15 is 0 Å². The summed E-state index contributed by atoms with van der Waals surface area (Å²) < 4.78 is 0. The molecule has 1 aliphatic carbocycles. The SMILES string of the molecule is S=C(Nc1ccccc1)N(Cc1ccc(Cl)cc1)C1CCCCC1. The van der Waals surface area contributed by atoms with E-state index in [1.165, 1.54) is 37.7 Å². The lowest BCUT2D eigenvalue weighted by molar-refractivity contribution is 0.240. The van der Waals surface area contributed by atoms with E-state index in [1.807, 2.05) is 42.5 Å². The van der Waals surface area contributed by atoms with Crippen molar-refractivity contribution in [2.45, 2.75) is 44.7 Å². The first-order valence-electron chi connectivity index (χ1n) is 8.59. The molecular weight excluding hydrogens is 336 g/mol. The van der Waals surface area contributed by atoms with Crippen molar-refractivity contribution in [1.29, 1.82) is 0 Å². The molecule has 24 heavy (non-hydrogen) atoms. The van der Waals surface area contributed by atoms with Crippen molar-refractivity contribution >= 4 is 34.6 Å². The van der Waals surface area contributed by atoms with E-state index in [1.54, 1.807) is 0 Å². The van der Waals surface area contributed by atoms with Gasteiger partial charge in [0.1, 0.15) is 0 Å². The van der Waals surface area contributed by atoms with Gasteiger partial charge in [-0.1, -0.05) is 61.2 Å². The van der Waals surface area contributed by atoms with E-state index < -0.39 is 0 Å². The summed E-state index contributed by atoms with van der Waals surface area (Å²) in [7, 11) is 0. The summed E-state index contributed by atoms with van der Waals surface area (Å²) in [6.07, 6.45) is 6.34. The second-order valence-corrected chi connectivity index (χ2v) is 7.17. The lowest BCUT2D eigenvalue weighted by Crippen LogP contribution is -2.43. The normalized spacial score (nSPS) is 15.0. The molecule has 2 aromatic carbocycles. The first kappa shape index (κ1) is 17.2. The smallest absolute Gasteiger partial charge is 0.173 e. The van der Waals surface area contributed by atoms with Gasteiger partial charge in [-0.15, -0.1) is 0 Å². The van der Waals surface area contributed by atoms with Crippen molar-refractivity contribution in [1.82, 2.24) is 4.90 Å². The molecule has 0 spiro atoms. The van der Waals surface area contributed by atoms with E-state index in [-0.39, 0.29) is 0 Å². The molecule has 0 atom stereocenters. The Kier molecular flexibility index (Phi) is 6.11. The third kappa shape index (κ3) is 4.71. The molecule has 2 nitrogen and oxygen atoms in total. The maximum absolute atomic E-state index is 6.02. The lowest BCUT2D eigenvalue weighted by Gasteiger charge is -2.36. The van der Waals surface area contributed by atoms with Gasteiger partial charge in [0.05, 0.1) is 0 Å². The first-order valence-corrected chi connectivity index (χ1v) is 9.38. The van der Waals surface area contributed by atoms with Gasteiger partial charge < -0.3 is 10.2 Å². The van der Waals surface area contributed by atoms with E-state index in [4.69, 9.17) is 23.8 Å². The fourth-order valence-electron chi connectivity index (χ4n) is 3.26. The minimum Gasteiger partial charge on any atom is -0.342 e. The van der Waals surface area contributed by atoms with Gasteiger partial charge in [-0.25, -0.2) is 0 Å². The molecule has 1 aliphatic rings. The highest BCUT2D eigenvalue weighted by Crippen LogP contribution is 2.25. The first-order chi connectivity index (χ1) is 11.7. The fourth-order valence-corrected chi connectivity index (χ4v) is 3.72. The zero-order chi connectivity index (χ0) is 16.8. The number of hydrogen-bond donors (Lipinski definition) is 1. The molecule has 2 aromatic rings. The lowest BCUT2D eigenvalue weighted by atomic mass is 9.94. The summed E-state index contributed by atoms with van der Waals surface area (Å²) in [5, 5.41) is 4.98. The largest absolute Gasteiger partial charge is 0.342 e. The number of para-hydroxylation sites is 1. The van der Waals surface area contributed by atoms with Gasteiger partial charge in [-0.05, 0) is 54.9 Å². The molecule has 1 N–H and O–H groups in total. The van der Waals surface area contributed by atoms with Crippen LogP contribution in [0.5, 0.6) is 0 Å².